The second-order valence-corrected chi connectivity index (χ2v) is 12.2. The van der Waals surface area contributed by atoms with E-state index in [9.17, 15) is 18.3 Å². The van der Waals surface area contributed by atoms with Gasteiger partial charge in [0.1, 0.15) is 17.2 Å². The summed E-state index contributed by atoms with van der Waals surface area (Å²) in [5, 5.41) is 11.8. The van der Waals surface area contributed by atoms with E-state index in [4.69, 9.17) is 4.42 Å². The highest BCUT2D eigenvalue weighted by atomic mass is 32.2. The molecule has 0 amide bonds. The van der Waals surface area contributed by atoms with Crippen LogP contribution in [-0.4, -0.2) is 46.9 Å². The number of carboxylic acid groups (broad SMARTS) is 1. The molecule has 1 fully saturated rings. The van der Waals surface area contributed by atoms with Gasteiger partial charge >= 0.3 is 5.97 Å². The molecule has 1 saturated heterocycles. The number of hydrogen-bond donors (Lipinski definition) is 1. The summed E-state index contributed by atoms with van der Waals surface area (Å²) >= 11 is 1.48. The van der Waals surface area contributed by atoms with Crippen molar-refractivity contribution in [3.8, 4) is 11.1 Å². The second-order valence-electron chi connectivity index (χ2n) is 8.61. The van der Waals surface area contributed by atoms with Gasteiger partial charge in [-0.2, -0.15) is 16.1 Å². The van der Waals surface area contributed by atoms with Crippen LogP contribution in [0.25, 0.3) is 33.1 Å². The van der Waals surface area contributed by atoms with Gasteiger partial charge in [0.05, 0.1) is 4.90 Å². The van der Waals surface area contributed by atoms with Crippen LogP contribution in [0.1, 0.15) is 13.8 Å². The highest BCUT2D eigenvalue weighted by Gasteiger charge is 2.48. The predicted octanol–water partition coefficient (Wildman–Crippen LogP) is 5.22. The minimum atomic E-state index is -3.97. The Labute approximate surface area is 196 Å². The molecule has 1 aliphatic rings. The second kappa shape index (κ2) is 7.90. The van der Waals surface area contributed by atoms with Gasteiger partial charge in [-0.3, -0.25) is 4.79 Å². The third kappa shape index (κ3) is 3.62. The molecule has 3 aromatic carbocycles. The van der Waals surface area contributed by atoms with E-state index in [1.165, 1.54) is 11.8 Å². The summed E-state index contributed by atoms with van der Waals surface area (Å²) in [5.74, 6) is -0.588. The monoisotopic (exact) mass is 481 g/mol. The van der Waals surface area contributed by atoms with E-state index in [-0.39, 0.29) is 11.4 Å². The number of hydrogen-bond acceptors (Lipinski definition) is 5. The molecule has 0 radical (unpaired) electrons. The Hall–Kier alpha value is -2.81. The van der Waals surface area contributed by atoms with Crippen LogP contribution >= 0.6 is 11.8 Å². The van der Waals surface area contributed by atoms with Crippen molar-refractivity contribution in [3.05, 3.63) is 66.7 Å². The third-order valence-electron chi connectivity index (χ3n) is 6.14. The SMILES string of the molecule is CC1(C)SCCN(S(=O)(=O)c2ccc(-c3cccc4oc5ccccc5c34)cc2)C1C(=O)O. The fraction of sp³-hybridized carbons (Fsp3) is 0.240. The third-order valence-corrected chi connectivity index (χ3v) is 9.37. The summed E-state index contributed by atoms with van der Waals surface area (Å²) in [6.45, 7) is 3.71. The number of thioether (sulfide) groups is 1. The predicted molar refractivity (Wildman–Crippen MR) is 131 cm³/mol. The van der Waals surface area contributed by atoms with Crippen molar-refractivity contribution in [2.45, 2.75) is 29.5 Å². The van der Waals surface area contributed by atoms with Gasteiger partial charge in [0, 0.05) is 27.8 Å². The van der Waals surface area contributed by atoms with Gasteiger partial charge in [-0.1, -0.05) is 42.5 Å². The van der Waals surface area contributed by atoms with E-state index in [0.717, 1.165) is 37.4 Å². The quantitative estimate of drug-likeness (QED) is 0.430. The van der Waals surface area contributed by atoms with Gasteiger partial charge in [-0.25, -0.2) is 8.42 Å². The molecular formula is C25H23NO5S2. The maximum absolute atomic E-state index is 13.4. The van der Waals surface area contributed by atoms with Gasteiger partial charge < -0.3 is 9.52 Å². The summed E-state index contributed by atoms with van der Waals surface area (Å²) < 4.78 is 33.2. The zero-order valence-electron chi connectivity index (χ0n) is 18.2. The summed E-state index contributed by atoms with van der Waals surface area (Å²) in [6, 6.07) is 19.1. The van der Waals surface area contributed by atoms with Crippen molar-refractivity contribution in [1.82, 2.24) is 4.31 Å². The molecule has 0 spiro atoms. The normalized spacial score (nSPS) is 19.2. The molecule has 2 heterocycles. The first-order valence-corrected chi connectivity index (χ1v) is 13.0. The average Bonchev–Trinajstić information content (AvgIpc) is 3.17. The van der Waals surface area contributed by atoms with Gasteiger partial charge in [0.15, 0.2) is 0 Å². The van der Waals surface area contributed by atoms with Crippen molar-refractivity contribution in [3.63, 3.8) is 0 Å². The fourth-order valence-electron chi connectivity index (χ4n) is 4.59. The molecule has 0 bridgehead atoms. The molecule has 1 aromatic heterocycles. The van der Waals surface area contributed by atoms with Crippen molar-refractivity contribution in [2.24, 2.45) is 0 Å². The number of para-hydroxylation sites is 1. The summed E-state index contributed by atoms with van der Waals surface area (Å²) in [7, 11) is -3.97. The number of furan rings is 1. The van der Waals surface area contributed by atoms with E-state index in [1.807, 2.05) is 42.5 Å². The molecular weight excluding hydrogens is 458 g/mol. The zero-order chi connectivity index (χ0) is 23.4. The van der Waals surface area contributed by atoms with Crippen LogP contribution < -0.4 is 0 Å². The lowest BCUT2D eigenvalue weighted by atomic mass is 10.00. The van der Waals surface area contributed by atoms with Gasteiger partial charge in [-0.05, 0) is 49.2 Å². The highest BCUT2D eigenvalue weighted by Crippen LogP contribution is 2.39. The Balaban J connectivity index is 1.56. The topological polar surface area (TPSA) is 87.8 Å². The largest absolute Gasteiger partial charge is 0.480 e. The van der Waals surface area contributed by atoms with Crippen molar-refractivity contribution >= 4 is 49.7 Å². The van der Waals surface area contributed by atoms with Crippen LogP contribution in [0.5, 0.6) is 0 Å². The summed E-state index contributed by atoms with van der Waals surface area (Å²) in [6.07, 6.45) is 0. The Morgan fingerprint density at radius 3 is 2.45 bits per heavy atom. The first kappa shape index (κ1) is 22.0. The maximum atomic E-state index is 13.4. The van der Waals surface area contributed by atoms with E-state index in [1.54, 1.807) is 38.1 Å². The number of aliphatic carboxylic acids is 1. The van der Waals surface area contributed by atoms with Crippen LogP contribution in [0.15, 0.2) is 76.0 Å². The van der Waals surface area contributed by atoms with Crippen LogP contribution in [0, 0.1) is 0 Å². The first-order chi connectivity index (χ1) is 15.7. The number of nitrogens with zero attached hydrogens (tertiary/aromatic N) is 1. The summed E-state index contributed by atoms with van der Waals surface area (Å²) in [4.78, 5) is 12.1. The van der Waals surface area contributed by atoms with E-state index in [0.29, 0.717) is 5.75 Å². The Kier molecular flexibility index (Phi) is 5.27. The van der Waals surface area contributed by atoms with Gasteiger partial charge in [0.2, 0.25) is 10.0 Å². The minimum absolute atomic E-state index is 0.0874. The lowest BCUT2D eigenvalue weighted by molar-refractivity contribution is -0.142. The number of carboxylic acids is 1. The Morgan fingerprint density at radius 2 is 1.73 bits per heavy atom. The molecule has 6 nitrogen and oxygen atoms in total. The number of sulfonamides is 1. The molecule has 170 valence electrons. The molecule has 5 rings (SSSR count). The van der Waals surface area contributed by atoms with Gasteiger partial charge in [-0.15, -0.1) is 0 Å². The lowest BCUT2D eigenvalue weighted by Crippen LogP contribution is -2.58. The molecule has 4 aromatic rings. The Bertz CT molecular complexity index is 1470. The first-order valence-electron chi connectivity index (χ1n) is 10.6. The van der Waals surface area contributed by atoms with Crippen LogP contribution in [0.2, 0.25) is 0 Å². The molecule has 0 aliphatic carbocycles. The number of fused-ring (bicyclic) bond motifs is 3. The zero-order valence-corrected chi connectivity index (χ0v) is 19.8. The average molecular weight is 482 g/mol. The minimum Gasteiger partial charge on any atom is -0.480 e. The van der Waals surface area contributed by atoms with Crippen LogP contribution in [-0.2, 0) is 14.8 Å². The maximum Gasteiger partial charge on any atom is 0.323 e. The molecule has 1 unspecified atom stereocenters. The van der Waals surface area contributed by atoms with Crippen molar-refractivity contribution < 1.29 is 22.7 Å². The van der Waals surface area contributed by atoms with E-state index in [2.05, 4.69) is 0 Å². The number of rotatable bonds is 4. The number of benzene rings is 3. The smallest absolute Gasteiger partial charge is 0.323 e. The highest BCUT2D eigenvalue weighted by molar-refractivity contribution is 8.00. The Morgan fingerprint density at radius 1 is 1.03 bits per heavy atom. The standard InChI is InChI=1S/C25H23NO5S2/c1-25(2)23(24(27)28)26(14-15-32-25)33(29,30)17-12-10-16(11-13-17)18-7-5-9-21-22(18)19-6-3-4-8-20(19)31-21/h3-13,23H,14-15H2,1-2H3,(H,27,28). The van der Waals surface area contributed by atoms with Crippen molar-refractivity contribution in [1.29, 1.82) is 0 Å². The molecule has 0 saturated carbocycles. The van der Waals surface area contributed by atoms with E-state index < -0.39 is 26.8 Å². The molecule has 1 N–H and O–H groups in total. The molecule has 1 atom stereocenters. The number of carbonyl (C=O) groups is 1. The molecule has 8 heteroatoms. The van der Waals surface area contributed by atoms with Gasteiger partial charge in [0.25, 0.3) is 0 Å². The molecule has 33 heavy (non-hydrogen) atoms. The van der Waals surface area contributed by atoms with Crippen LogP contribution in [0.3, 0.4) is 0 Å². The summed E-state index contributed by atoms with van der Waals surface area (Å²) in [5.41, 5.74) is 3.36. The van der Waals surface area contributed by atoms with E-state index >= 15 is 0 Å². The fourth-order valence-corrected chi connectivity index (χ4v) is 7.69. The van der Waals surface area contributed by atoms with Crippen LogP contribution in [0.4, 0.5) is 0 Å². The lowest BCUT2D eigenvalue weighted by Gasteiger charge is -2.42. The van der Waals surface area contributed by atoms with Crippen molar-refractivity contribution in [2.75, 3.05) is 12.3 Å². The molecule has 1 aliphatic heterocycles.